The van der Waals surface area contributed by atoms with Crippen LogP contribution < -0.4 is 14.8 Å². The van der Waals surface area contributed by atoms with Crippen LogP contribution in [0.1, 0.15) is 26.3 Å². The fourth-order valence-corrected chi connectivity index (χ4v) is 5.64. The van der Waals surface area contributed by atoms with Crippen LogP contribution in [-0.4, -0.2) is 44.2 Å². The molecule has 0 saturated heterocycles. The molecule has 202 valence electrons. The first-order chi connectivity index (χ1) is 19.3. The molecule has 0 saturated carbocycles. The van der Waals surface area contributed by atoms with Crippen LogP contribution in [0.5, 0.6) is 5.75 Å². The van der Waals surface area contributed by atoms with Gasteiger partial charge in [-0.1, -0.05) is 60.7 Å². The van der Waals surface area contributed by atoms with E-state index in [-0.39, 0.29) is 33.8 Å². The van der Waals surface area contributed by atoms with Crippen LogP contribution in [0.25, 0.3) is 0 Å². The van der Waals surface area contributed by atoms with Crippen molar-refractivity contribution in [1.82, 2.24) is 4.90 Å². The number of hydrogen-bond donors (Lipinski definition) is 2. The number of carbonyl (C=O) groups is 3. The Hall–Kier alpha value is -4.96. The molecular weight excluding hydrogens is 530 g/mol. The van der Waals surface area contributed by atoms with E-state index in [9.17, 15) is 22.8 Å². The molecule has 9 nitrogen and oxygen atoms in total. The Balaban J connectivity index is 1.43. The van der Waals surface area contributed by atoms with Crippen LogP contribution in [0.3, 0.4) is 0 Å². The number of anilines is 2. The summed E-state index contributed by atoms with van der Waals surface area (Å²) in [4.78, 5) is 41.0. The van der Waals surface area contributed by atoms with Crippen molar-refractivity contribution in [3.63, 3.8) is 0 Å². The molecule has 1 aliphatic heterocycles. The predicted molar refractivity (Wildman–Crippen MR) is 150 cm³/mol. The molecule has 0 aromatic heterocycles. The van der Waals surface area contributed by atoms with E-state index in [2.05, 4.69) is 10.0 Å². The number of amides is 3. The maximum atomic E-state index is 13.6. The maximum absolute atomic E-state index is 13.6. The minimum absolute atomic E-state index is 0.0749. The Kier molecular flexibility index (Phi) is 7.35. The predicted octanol–water partition coefficient (Wildman–Crippen LogP) is 4.34. The minimum Gasteiger partial charge on any atom is -0.495 e. The molecule has 0 fully saturated rings. The number of nitrogens with one attached hydrogen (secondary N) is 2. The molecule has 0 aliphatic carbocycles. The van der Waals surface area contributed by atoms with E-state index in [0.29, 0.717) is 5.75 Å². The average Bonchev–Trinajstić information content (AvgIpc) is 3.22. The van der Waals surface area contributed by atoms with Crippen LogP contribution in [0.15, 0.2) is 108 Å². The molecule has 1 heterocycles. The Bertz CT molecular complexity index is 1670. The summed E-state index contributed by atoms with van der Waals surface area (Å²) in [6.45, 7) is 0. The number of fused-ring (bicyclic) bond motifs is 1. The number of nitrogens with zero attached hydrogens (tertiary/aromatic N) is 1. The zero-order valence-electron chi connectivity index (χ0n) is 21.4. The first kappa shape index (κ1) is 26.6. The summed E-state index contributed by atoms with van der Waals surface area (Å²) in [5, 5.41) is 2.70. The van der Waals surface area contributed by atoms with Crippen LogP contribution in [-0.2, 0) is 21.2 Å². The molecule has 40 heavy (non-hydrogen) atoms. The number of carbonyl (C=O) groups excluding carboxylic acids is 3. The zero-order valence-corrected chi connectivity index (χ0v) is 22.2. The van der Waals surface area contributed by atoms with E-state index in [1.165, 1.54) is 31.4 Å². The fraction of sp³-hybridized carbons (Fsp3) is 0.100. The van der Waals surface area contributed by atoms with Gasteiger partial charge < -0.3 is 10.1 Å². The lowest BCUT2D eigenvalue weighted by Gasteiger charge is -2.25. The third-order valence-electron chi connectivity index (χ3n) is 6.47. The summed E-state index contributed by atoms with van der Waals surface area (Å²) in [5.41, 5.74) is 1.65. The molecule has 1 atom stereocenters. The van der Waals surface area contributed by atoms with Gasteiger partial charge in [0.1, 0.15) is 11.8 Å². The normalized spacial score (nSPS) is 13.5. The Labute approximate surface area is 231 Å². The van der Waals surface area contributed by atoms with Crippen molar-refractivity contribution in [1.29, 1.82) is 0 Å². The highest BCUT2D eigenvalue weighted by Gasteiger charge is 2.42. The number of imide groups is 1. The Morgan fingerprint density at radius 2 is 1.45 bits per heavy atom. The van der Waals surface area contributed by atoms with Gasteiger partial charge in [-0.3, -0.25) is 24.0 Å². The van der Waals surface area contributed by atoms with Gasteiger partial charge in [-0.15, -0.1) is 0 Å². The summed E-state index contributed by atoms with van der Waals surface area (Å²) >= 11 is 0. The third-order valence-corrected chi connectivity index (χ3v) is 7.84. The van der Waals surface area contributed by atoms with E-state index in [1.54, 1.807) is 72.8 Å². The second-order valence-corrected chi connectivity index (χ2v) is 10.7. The molecule has 5 rings (SSSR count). The quantitative estimate of drug-likeness (QED) is 0.296. The first-order valence-electron chi connectivity index (χ1n) is 12.4. The van der Waals surface area contributed by atoms with Gasteiger partial charge in [0.25, 0.3) is 21.8 Å². The molecular formula is C30H25N3O6S. The molecule has 10 heteroatoms. The molecule has 0 bridgehead atoms. The van der Waals surface area contributed by atoms with Gasteiger partial charge >= 0.3 is 0 Å². The number of ether oxygens (including phenoxy) is 1. The highest BCUT2D eigenvalue weighted by atomic mass is 32.2. The third kappa shape index (κ3) is 5.29. The second kappa shape index (κ2) is 11.0. The largest absolute Gasteiger partial charge is 0.495 e. The number of para-hydroxylation sites is 2. The minimum atomic E-state index is -4.04. The van der Waals surface area contributed by atoms with Gasteiger partial charge in [-0.05, 0) is 48.0 Å². The SMILES string of the molecule is COc1ccccc1NS(=O)(=O)c1cccc(NC(=O)C(Cc2ccccc2)N2C(=O)c3ccccc3C2=O)c1. The van der Waals surface area contributed by atoms with Gasteiger partial charge in [-0.25, -0.2) is 8.42 Å². The van der Waals surface area contributed by atoms with Crippen LogP contribution in [0.2, 0.25) is 0 Å². The molecule has 4 aromatic carbocycles. The van der Waals surface area contributed by atoms with Crippen LogP contribution >= 0.6 is 0 Å². The Morgan fingerprint density at radius 1 is 0.825 bits per heavy atom. The smallest absolute Gasteiger partial charge is 0.262 e. The number of sulfonamides is 1. The monoisotopic (exact) mass is 555 g/mol. The van der Waals surface area contributed by atoms with Crippen molar-refractivity contribution in [3.8, 4) is 5.75 Å². The zero-order chi connectivity index (χ0) is 28.3. The lowest BCUT2D eigenvalue weighted by atomic mass is 10.0. The van der Waals surface area contributed by atoms with Crippen molar-refractivity contribution in [2.75, 3.05) is 17.1 Å². The van der Waals surface area contributed by atoms with Crippen molar-refractivity contribution in [3.05, 3.63) is 120 Å². The number of rotatable bonds is 9. The standard InChI is InChI=1S/C30H25N3O6S/c1-39-27-17-8-7-16-25(27)32-40(37,38)22-13-9-12-21(19-22)31-28(34)26(18-20-10-3-2-4-11-20)33-29(35)23-14-5-6-15-24(23)30(33)36/h2-17,19,26,32H,18H2,1H3,(H,31,34). The van der Waals surface area contributed by atoms with Crippen molar-refractivity contribution in [2.24, 2.45) is 0 Å². The van der Waals surface area contributed by atoms with Gasteiger partial charge in [-0.2, -0.15) is 0 Å². The molecule has 1 aliphatic rings. The number of methoxy groups -OCH3 is 1. The van der Waals surface area contributed by atoms with Crippen molar-refractivity contribution in [2.45, 2.75) is 17.4 Å². The first-order valence-corrected chi connectivity index (χ1v) is 13.8. The van der Waals surface area contributed by atoms with Gasteiger partial charge in [0.05, 0.1) is 28.8 Å². The summed E-state index contributed by atoms with van der Waals surface area (Å²) in [7, 11) is -2.61. The number of benzene rings is 4. The second-order valence-electron chi connectivity index (χ2n) is 9.05. The lowest BCUT2D eigenvalue weighted by molar-refractivity contribution is -0.119. The van der Waals surface area contributed by atoms with Crippen LogP contribution in [0.4, 0.5) is 11.4 Å². The fourth-order valence-electron chi connectivity index (χ4n) is 4.53. The molecule has 0 spiro atoms. The van der Waals surface area contributed by atoms with Crippen molar-refractivity contribution >= 4 is 39.1 Å². The average molecular weight is 556 g/mol. The molecule has 3 amide bonds. The van der Waals surface area contributed by atoms with E-state index >= 15 is 0 Å². The lowest BCUT2D eigenvalue weighted by Crippen LogP contribution is -2.48. The van der Waals surface area contributed by atoms with E-state index in [4.69, 9.17) is 4.74 Å². The molecule has 0 radical (unpaired) electrons. The maximum Gasteiger partial charge on any atom is 0.262 e. The summed E-state index contributed by atoms with van der Waals surface area (Å²) < 4.78 is 34.0. The van der Waals surface area contributed by atoms with E-state index in [0.717, 1.165) is 10.5 Å². The van der Waals surface area contributed by atoms with Crippen molar-refractivity contribution < 1.29 is 27.5 Å². The highest BCUT2D eigenvalue weighted by Crippen LogP contribution is 2.29. The number of hydrogen-bond acceptors (Lipinski definition) is 6. The van der Waals surface area contributed by atoms with E-state index < -0.39 is 33.8 Å². The van der Waals surface area contributed by atoms with Gasteiger partial charge in [0, 0.05) is 12.1 Å². The summed E-state index contributed by atoms with van der Waals surface area (Å²) in [6.07, 6.45) is 0.0749. The van der Waals surface area contributed by atoms with Gasteiger partial charge in [0.15, 0.2) is 0 Å². The molecule has 4 aromatic rings. The van der Waals surface area contributed by atoms with Crippen LogP contribution in [0, 0.1) is 0 Å². The summed E-state index contributed by atoms with van der Waals surface area (Å²) in [5.74, 6) is -1.41. The Morgan fingerprint density at radius 3 is 2.12 bits per heavy atom. The van der Waals surface area contributed by atoms with E-state index in [1.807, 2.05) is 6.07 Å². The highest BCUT2D eigenvalue weighted by molar-refractivity contribution is 7.92. The summed E-state index contributed by atoms with van der Waals surface area (Å²) in [6, 6.07) is 26.6. The topological polar surface area (TPSA) is 122 Å². The van der Waals surface area contributed by atoms with Gasteiger partial charge in [0.2, 0.25) is 5.91 Å². The molecule has 1 unspecified atom stereocenters. The molecule has 2 N–H and O–H groups in total.